The molecule has 3 aromatic carbocycles. The summed E-state index contributed by atoms with van der Waals surface area (Å²) in [6.45, 7) is 3.27. The van der Waals surface area contributed by atoms with E-state index < -0.39 is 77.3 Å². The molecule has 0 aliphatic carbocycles. The highest BCUT2D eigenvalue weighted by atomic mass is 32.2. The van der Waals surface area contributed by atoms with E-state index in [4.69, 9.17) is 27.4 Å². The number of thioether (sulfide) groups is 1. The molecule has 0 aliphatic rings. The first kappa shape index (κ1) is 62.8. The standard InChI is InChI=1S/C52H72N16O10S/c1-30(2)26-41(65-48(75)39(9-7-22-60-52(55)56)63-45(72)37-27-32-12-19-36(69)28-42(32)78-50(37)77)49(76)64-38(8-6-21-59-51(53)54)47(74)61-29-43(70)62-40(20-25-79-5)46(73)58-24-23-57-44(71)31-10-13-33(14-11-31)66-67-34-15-17-35(18-16-34)68(3)4/h10-19,27-28,30,38-41,69H,6-9,20-26,29H2,1-5H3,(H,57,71)(H,58,73)(H,61,74)(H,62,70)(H,63,72)(H,64,76)(H,65,75)(H4,53,54,59)(H4,55,56,60). The first-order valence-corrected chi connectivity index (χ1v) is 26.7. The molecule has 4 rings (SSSR count). The van der Waals surface area contributed by atoms with Crippen molar-refractivity contribution in [2.45, 2.75) is 76.5 Å². The highest BCUT2D eigenvalue weighted by Gasteiger charge is 2.31. The van der Waals surface area contributed by atoms with E-state index >= 15 is 0 Å². The molecule has 16 N–H and O–H groups in total. The number of aromatic hydroxyl groups is 1. The molecular weight excluding hydrogens is 1040 g/mol. The summed E-state index contributed by atoms with van der Waals surface area (Å²) in [5.74, 6) is -5.19. The van der Waals surface area contributed by atoms with Gasteiger partial charge in [0.25, 0.3) is 11.8 Å². The number of phenolic OH excluding ortho intramolecular Hbond substituents is 1. The number of aliphatic imine (C=N–C) groups is 2. The molecule has 0 aliphatic heterocycles. The molecule has 0 bridgehead atoms. The van der Waals surface area contributed by atoms with Crippen LogP contribution in [0.4, 0.5) is 17.1 Å². The topological polar surface area (TPSA) is 411 Å². The molecule has 0 fully saturated rings. The maximum atomic E-state index is 14.1. The molecule has 27 heteroatoms. The predicted molar refractivity (Wildman–Crippen MR) is 303 cm³/mol. The van der Waals surface area contributed by atoms with Crippen LogP contribution in [-0.2, 0) is 24.0 Å². The maximum Gasteiger partial charge on any atom is 0.349 e. The molecule has 26 nitrogen and oxygen atoms in total. The first-order chi connectivity index (χ1) is 37.6. The zero-order valence-corrected chi connectivity index (χ0v) is 45.7. The van der Waals surface area contributed by atoms with Crippen LogP contribution in [0.3, 0.4) is 0 Å². The minimum Gasteiger partial charge on any atom is -0.508 e. The van der Waals surface area contributed by atoms with Crippen molar-refractivity contribution in [1.29, 1.82) is 0 Å². The van der Waals surface area contributed by atoms with E-state index in [9.17, 15) is 43.5 Å². The summed E-state index contributed by atoms with van der Waals surface area (Å²) in [5, 5.41) is 37.1. The normalized spacial score (nSPS) is 12.5. The third-order valence-electron chi connectivity index (χ3n) is 11.6. The summed E-state index contributed by atoms with van der Waals surface area (Å²) in [4.78, 5) is 118. The molecule has 4 unspecified atom stereocenters. The molecule has 7 amide bonds. The van der Waals surface area contributed by atoms with Gasteiger partial charge < -0.3 is 74.6 Å². The SMILES string of the molecule is CSCCC(NC(=O)CNC(=O)C(CCCN=C(N)N)NC(=O)C(CC(C)C)NC(=O)C(CCCN=C(N)N)NC(=O)c1cc2ccc(O)cc2oc1=O)C(=O)NCCNC(=O)c1ccc(N=Nc2ccc(N(C)C)cc2)cc1. The van der Waals surface area contributed by atoms with Gasteiger partial charge in [-0.1, -0.05) is 13.8 Å². The Morgan fingerprint density at radius 2 is 1.19 bits per heavy atom. The van der Waals surface area contributed by atoms with Crippen molar-refractivity contribution in [3.8, 4) is 5.75 Å². The number of carbonyl (C=O) groups is 7. The second-order valence-corrected chi connectivity index (χ2v) is 19.7. The van der Waals surface area contributed by atoms with Crippen LogP contribution in [-0.4, -0.2) is 141 Å². The van der Waals surface area contributed by atoms with Crippen LogP contribution in [0.5, 0.6) is 5.75 Å². The van der Waals surface area contributed by atoms with Crippen LogP contribution in [0.15, 0.2) is 102 Å². The van der Waals surface area contributed by atoms with Crippen LogP contribution >= 0.6 is 11.8 Å². The van der Waals surface area contributed by atoms with Gasteiger partial charge in [0, 0.05) is 63.0 Å². The summed E-state index contributed by atoms with van der Waals surface area (Å²) in [7, 11) is 3.89. The minimum absolute atomic E-state index is 0.0184. The van der Waals surface area contributed by atoms with Crippen molar-refractivity contribution in [3.05, 3.63) is 94.3 Å². The van der Waals surface area contributed by atoms with E-state index in [2.05, 4.69) is 57.4 Å². The summed E-state index contributed by atoms with van der Waals surface area (Å²) in [5.41, 5.74) is 23.1. The molecule has 1 heterocycles. The fraction of sp³-hybridized carbons (Fsp3) is 0.423. The van der Waals surface area contributed by atoms with E-state index in [1.165, 1.54) is 36.0 Å². The Balaban J connectivity index is 1.37. The number of nitrogens with two attached hydrogens (primary N) is 4. The number of benzene rings is 3. The number of anilines is 1. The van der Waals surface area contributed by atoms with Crippen LogP contribution < -0.4 is 70.7 Å². The summed E-state index contributed by atoms with van der Waals surface area (Å²) >= 11 is 1.45. The van der Waals surface area contributed by atoms with Gasteiger partial charge >= 0.3 is 5.63 Å². The van der Waals surface area contributed by atoms with Gasteiger partial charge in [-0.25, -0.2) is 4.79 Å². The monoisotopic (exact) mass is 1110 g/mol. The smallest absolute Gasteiger partial charge is 0.349 e. The van der Waals surface area contributed by atoms with Gasteiger partial charge in [0.1, 0.15) is 41.1 Å². The van der Waals surface area contributed by atoms with Gasteiger partial charge in [-0.15, -0.1) is 0 Å². The number of guanidine groups is 2. The number of phenols is 1. The van der Waals surface area contributed by atoms with E-state index in [1.807, 2.05) is 49.5 Å². The minimum atomic E-state index is -1.34. The number of hydrogen-bond acceptors (Lipinski definition) is 16. The molecule has 426 valence electrons. The number of azo groups is 1. The Hall–Kier alpha value is -8.75. The number of nitrogens with one attached hydrogen (secondary N) is 7. The van der Waals surface area contributed by atoms with E-state index in [0.717, 1.165) is 5.69 Å². The number of fused-ring (bicyclic) bond motifs is 1. The lowest BCUT2D eigenvalue weighted by Crippen LogP contribution is -2.57. The predicted octanol–water partition coefficient (Wildman–Crippen LogP) is 1.10. The zero-order valence-electron chi connectivity index (χ0n) is 44.9. The number of nitrogens with zero attached hydrogens (tertiary/aromatic N) is 5. The van der Waals surface area contributed by atoms with Crippen LogP contribution in [0.1, 0.15) is 73.1 Å². The van der Waals surface area contributed by atoms with E-state index in [-0.39, 0.29) is 99.8 Å². The van der Waals surface area contributed by atoms with Crippen LogP contribution in [0.2, 0.25) is 0 Å². The van der Waals surface area contributed by atoms with Crippen LogP contribution in [0, 0.1) is 5.92 Å². The number of hydrogen-bond donors (Lipinski definition) is 12. The summed E-state index contributed by atoms with van der Waals surface area (Å²) in [6, 6.07) is 14.4. The molecular formula is C52H72N16O10S. The lowest BCUT2D eigenvalue weighted by atomic mass is 10.0. The van der Waals surface area contributed by atoms with Crippen molar-refractivity contribution >= 4 is 93.1 Å². The molecule has 1 aromatic heterocycles. The fourth-order valence-corrected chi connectivity index (χ4v) is 8.00. The Morgan fingerprint density at radius 3 is 1.77 bits per heavy atom. The van der Waals surface area contributed by atoms with Crippen molar-refractivity contribution in [3.63, 3.8) is 0 Å². The third kappa shape index (κ3) is 22.0. The van der Waals surface area contributed by atoms with Crippen LogP contribution in [0.25, 0.3) is 11.0 Å². The Morgan fingerprint density at radius 1 is 0.646 bits per heavy atom. The Bertz CT molecular complexity index is 2870. The van der Waals surface area contributed by atoms with Gasteiger partial charge in [-0.2, -0.15) is 22.0 Å². The molecule has 0 spiro atoms. The second-order valence-electron chi connectivity index (χ2n) is 18.7. The van der Waals surface area contributed by atoms with E-state index in [1.54, 1.807) is 38.1 Å². The van der Waals surface area contributed by atoms with Crippen molar-refractivity contribution in [2.75, 3.05) is 63.7 Å². The van der Waals surface area contributed by atoms with Gasteiger partial charge in [0.05, 0.1) is 17.9 Å². The lowest BCUT2D eigenvalue weighted by molar-refractivity contribution is -0.133. The second kappa shape index (κ2) is 32.1. The van der Waals surface area contributed by atoms with Gasteiger partial charge in [0.2, 0.25) is 29.5 Å². The summed E-state index contributed by atoms with van der Waals surface area (Å²) < 4.78 is 5.25. The number of carbonyl (C=O) groups excluding carboxylic acids is 7. The highest BCUT2D eigenvalue weighted by Crippen LogP contribution is 2.22. The largest absolute Gasteiger partial charge is 0.508 e. The van der Waals surface area contributed by atoms with Crippen molar-refractivity contribution in [1.82, 2.24) is 37.2 Å². The first-order valence-electron chi connectivity index (χ1n) is 25.3. The van der Waals surface area contributed by atoms with Gasteiger partial charge in [0.15, 0.2) is 11.9 Å². The summed E-state index contributed by atoms with van der Waals surface area (Å²) in [6.07, 6.45) is 2.45. The molecule has 4 aromatic rings. The fourth-order valence-electron chi connectivity index (χ4n) is 7.53. The third-order valence-corrected chi connectivity index (χ3v) is 12.3. The number of rotatable bonds is 31. The Labute approximate surface area is 461 Å². The average molecular weight is 1110 g/mol. The Kier molecular flexibility index (Phi) is 25.5. The molecule has 0 saturated heterocycles. The van der Waals surface area contributed by atoms with E-state index in [0.29, 0.717) is 28.1 Å². The molecule has 0 radical (unpaired) electrons. The quantitative estimate of drug-likeness (QED) is 0.0110. The molecule has 79 heavy (non-hydrogen) atoms. The lowest BCUT2D eigenvalue weighted by Gasteiger charge is -2.26. The van der Waals surface area contributed by atoms with Gasteiger partial charge in [-0.05, 0) is 123 Å². The molecule has 4 atom stereocenters. The van der Waals surface area contributed by atoms with Crippen molar-refractivity contribution in [2.24, 2.45) is 49.1 Å². The maximum absolute atomic E-state index is 14.1. The highest BCUT2D eigenvalue weighted by molar-refractivity contribution is 7.98. The number of amides is 7. The zero-order chi connectivity index (χ0) is 58.0. The molecule has 0 saturated carbocycles. The van der Waals surface area contributed by atoms with Crippen molar-refractivity contribution < 1.29 is 43.1 Å². The van der Waals surface area contributed by atoms with Gasteiger partial charge in [-0.3, -0.25) is 43.5 Å². The average Bonchev–Trinajstić information content (AvgIpc) is 3.45.